The Morgan fingerprint density at radius 2 is 1.77 bits per heavy atom. The molecule has 0 radical (unpaired) electrons. The van der Waals surface area contributed by atoms with Crippen molar-refractivity contribution < 1.29 is 54.8 Å². The molecule has 9 atom stereocenters. The van der Waals surface area contributed by atoms with Crippen LogP contribution in [0.4, 0.5) is 0 Å². The van der Waals surface area contributed by atoms with Crippen molar-refractivity contribution in [3.63, 3.8) is 0 Å². The summed E-state index contributed by atoms with van der Waals surface area (Å²) >= 11 is 0. The summed E-state index contributed by atoms with van der Waals surface area (Å²) in [5.41, 5.74) is 0. The maximum atomic E-state index is 10.9. The first-order valence-electron chi connectivity index (χ1n) is 7.82. The van der Waals surface area contributed by atoms with Gasteiger partial charge in [-0.1, -0.05) is 0 Å². The molecule has 0 unspecified atom stereocenters. The molecular formula is C14H25NO11. The lowest BCUT2D eigenvalue weighted by molar-refractivity contribution is -0.306. The minimum Gasteiger partial charge on any atom is -0.394 e. The summed E-state index contributed by atoms with van der Waals surface area (Å²) < 4.78 is 10.1. The average Bonchev–Trinajstić information content (AvgIpc) is 2.61. The molecule has 0 aromatic rings. The van der Waals surface area contributed by atoms with Crippen molar-refractivity contribution in [1.29, 1.82) is 0 Å². The number of aliphatic hydroxyl groups excluding tert-OH is 7. The Balaban J connectivity index is 2.62. The van der Waals surface area contributed by atoms with Crippen LogP contribution in [0, 0.1) is 0 Å². The van der Waals surface area contributed by atoms with Gasteiger partial charge >= 0.3 is 0 Å². The number of amides is 1. The van der Waals surface area contributed by atoms with Crippen LogP contribution >= 0.6 is 0 Å². The third kappa shape index (κ3) is 5.64. The SMILES string of the molecule is CC(=O)N[C@@H](C=O)[C@H](O)[C@H](O)[C@H](O)CO[C@H]1O[C@@H](CO)[C@H](O)[C@@H](O)[C@@H]1O. The van der Waals surface area contributed by atoms with Crippen molar-refractivity contribution in [2.45, 2.75) is 62.0 Å². The standard InChI is InChI=1S/C14H25NO11/c1-5(18)15-6(2-16)9(20)10(21)7(19)4-25-14-13(24)12(23)11(22)8(3-17)26-14/h2,6-14,17,19-24H,3-4H2,1H3,(H,15,18)/t6-,7+,8-,9-,10+,11-,12+,13-,14-/m0/s1. The molecule has 1 rings (SSSR count). The Hall–Kier alpha value is -1.22. The largest absolute Gasteiger partial charge is 0.394 e. The Morgan fingerprint density at radius 3 is 2.27 bits per heavy atom. The van der Waals surface area contributed by atoms with Crippen LogP contribution in [-0.2, 0) is 19.1 Å². The predicted octanol–water partition coefficient (Wildman–Crippen LogP) is -5.41. The van der Waals surface area contributed by atoms with E-state index in [1.165, 1.54) is 0 Å². The molecule has 12 heteroatoms. The van der Waals surface area contributed by atoms with Crippen LogP contribution in [0.1, 0.15) is 6.92 Å². The number of aliphatic hydroxyl groups is 7. The van der Waals surface area contributed by atoms with Gasteiger partial charge < -0.3 is 55.3 Å². The molecule has 0 bridgehead atoms. The molecular weight excluding hydrogens is 358 g/mol. The Morgan fingerprint density at radius 1 is 1.15 bits per heavy atom. The van der Waals surface area contributed by atoms with E-state index < -0.39 is 74.2 Å². The smallest absolute Gasteiger partial charge is 0.217 e. The van der Waals surface area contributed by atoms with Crippen LogP contribution in [0.25, 0.3) is 0 Å². The first-order chi connectivity index (χ1) is 12.1. The van der Waals surface area contributed by atoms with Gasteiger partial charge in [0.2, 0.25) is 5.91 Å². The normalized spacial score (nSPS) is 33.8. The van der Waals surface area contributed by atoms with Crippen molar-refractivity contribution in [2.75, 3.05) is 13.2 Å². The fourth-order valence-electron chi connectivity index (χ4n) is 2.37. The lowest BCUT2D eigenvalue weighted by Crippen LogP contribution is -2.59. The topological polar surface area (TPSA) is 206 Å². The summed E-state index contributed by atoms with van der Waals surface area (Å²) in [6.45, 7) is -0.284. The van der Waals surface area contributed by atoms with Gasteiger partial charge in [-0.05, 0) is 0 Å². The second kappa shape index (κ2) is 10.2. The number of rotatable bonds is 9. The van der Waals surface area contributed by atoms with E-state index in [0.717, 1.165) is 6.92 Å². The second-order valence-corrected chi connectivity index (χ2v) is 5.94. The minimum absolute atomic E-state index is 0.181. The number of hydrogen-bond donors (Lipinski definition) is 8. The van der Waals surface area contributed by atoms with Gasteiger partial charge in [0.05, 0.1) is 13.2 Å². The van der Waals surface area contributed by atoms with Gasteiger partial charge in [-0.3, -0.25) is 4.79 Å². The molecule has 0 aromatic heterocycles. The van der Waals surface area contributed by atoms with Crippen molar-refractivity contribution >= 4 is 12.2 Å². The van der Waals surface area contributed by atoms with E-state index in [-0.39, 0.29) is 6.29 Å². The fraction of sp³-hybridized carbons (Fsp3) is 0.857. The van der Waals surface area contributed by atoms with Gasteiger partial charge in [-0.2, -0.15) is 0 Å². The zero-order chi connectivity index (χ0) is 20.0. The maximum Gasteiger partial charge on any atom is 0.217 e. The molecule has 152 valence electrons. The fourth-order valence-corrected chi connectivity index (χ4v) is 2.37. The molecule has 1 heterocycles. The average molecular weight is 383 g/mol. The van der Waals surface area contributed by atoms with Crippen LogP contribution < -0.4 is 5.32 Å². The number of ether oxygens (including phenoxy) is 2. The van der Waals surface area contributed by atoms with Gasteiger partial charge in [-0.15, -0.1) is 0 Å². The van der Waals surface area contributed by atoms with Crippen LogP contribution in [0.5, 0.6) is 0 Å². The Kier molecular flexibility index (Phi) is 8.95. The van der Waals surface area contributed by atoms with Gasteiger partial charge in [0.15, 0.2) is 6.29 Å². The van der Waals surface area contributed by atoms with E-state index >= 15 is 0 Å². The monoisotopic (exact) mass is 383 g/mol. The zero-order valence-corrected chi connectivity index (χ0v) is 14.0. The summed E-state index contributed by atoms with van der Waals surface area (Å²) in [4.78, 5) is 21.8. The molecule has 12 nitrogen and oxygen atoms in total. The summed E-state index contributed by atoms with van der Waals surface area (Å²) in [6, 6.07) is -1.47. The van der Waals surface area contributed by atoms with E-state index in [0.29, 0.717) is 0 Å². The number of hydrogen-bond acceptors (Lipinski definition) is 11. The van der Waals surface area contributed by atoms with E-state index in [9.17, 15) is 40.2 Å². The highest BCUT2D eigenvalue weighted by Crippen LogP contribution is 2.22. The zero-order valence-electron chi connectivity index (χ0n) is 14.0. The lowest BCUT2D eigenvalue weighted by Gasteiger charge is -2.40. The summed E-state index contributed by atoms with van der Waals surface area (Å²) in [5.74, 6) is -0.639. The second-order valence-electron chi connectivity index (χ2n) is 5.94. The summed E-state index contributed by atoms with van der Waals surface area (Å²) in [5, 5.41) is 69.7. The van der Waals surface area contributed by atoms with Crippen LogP contribution in [0.2, 0.25) is 0 Å². The van der Waals surface area contributed by atoms with Gasteiger partial charge in [0.25, 0.3) is 0 Å². The molecule has 1 aliphatic heterocycles. The van der Waals surface area contributed by atoms with Gasteiger partial charge in [-0.25, -0.2) is 0 Å². The highest BCUT2D eigenvalue weighted by atomic mass is 16.7. The highest BCUT2D eigenvalue weighted by molar-refractivity contribution is 5.77. The predicted molar refractivity (Wildman–Crippen MR) is 81.4 cm³/mol. The highest BCUT2D eigenvalue weighted by Gasteiger charge is 2.44. The van der Waals surface area contributed by atoms with Crippen molar-refractivity contribution in [3.05, 3.63) is 0 Å². The van der Waals surface area contributed by atoms with E-state index in [1.54, 1.807) is 0 Å². The third-order valence-electron chi connectivity index (χ3n) is 3.91. The molecule has 1 saturated heterocycles. The third-order valence-corrected chi connectivity index (χ3v) is 3.91. The molecule has 1 fully saturated rings. The Labute approximate surface area is 148 Å². The van der Waals surface area contributed by atoms with Crippen molar-refractivity contribution in [1.82, 2.24) is 5.32 Å². The van der Waals surface area contributed by atoms with E-state index in [2.05, 4.69) is 5.32 Å². The first-order valence-corrected chi connectivity index (χ1v) is 7.82. The van der Waals surface area contributed by atoms with Crippen LogP contribution in [0.3, 0.4) is 0 Å². The van der Waals surface area contributed by atoms with E-state index in [1.807, 2.05) is 0 Å². The minimum atomic E-state index is -1.90. The lowest BCUT2D eigenvalue weighted by atomic mass is 9.99. The number of aldehydes is 1. The first kappa shape index (κ1) is 22.8. The molecule has 0 saturated carbocycles. The molecule has 26 heavy (non-hydrogen) atoms. The van der Waals surface area contributed by atoms with Crippen LogP contribution in [-0.4, -0.2) is 116 Å². The summed E-state index contributed by atoms with van der Waals surface area (Å²) in [6.07, 6.45) is -13.0. The molecule has 1 amide bonds. The number of carbonyl (C=O) groups excluding carboxylic acids is 2. The number of nitrogens with one attached hydrogen (secondary N) is 1. The van der Waals surface area contributed by atoms with E-state index in [4.69, 9.17) is 14.6 Å². The molecule has 0 aromatic carbocycles. The summed E-state index contributed by atoms with van der Waals surface area (Å²) in [7, 11) is 0. The van der Waals surface area contributed by atoms with Gasteiger partial charge in [0, 0.05) is 6.92 Å². The quantitative estimate of drug-likeness (QED) is 0.176. The molecule has 0 spiro atoms. The maximum absolute atomic E-state index is 10.9. The molecule has 8 N–H and O–H groups in total. The van der Waals surface area contributed by atoms with Crippen LogP contribution in [0.15, 0.2) is 0 Å². The molecule has 1 aliphatic rings. The van der Waals surface area contributed by atoms with Crippen molar-refractivity contribution in [2.24, 2.45) is 0 Å². The Bertz CT molecular complexity index is 462. The van der Waals surface area contributed by atoms with Gasteiger partial charge in [0.1, 0.15) is 55.1 Å². The number of carbonyl (C=O) groups is 2. The van der Waals surface area contributed by atoms with Crippen molar-refractivity contribution in [3.8, 4) is 0 Å². The molecule has 0 aliphatic carbocycles.